The minimum absolute atomic E-state index is 0.0714. The molecule has 1 aromatic carbocycles. The lowest BCUT2D eigenvalue weighted by Gasteiger charge is -2.29. The van der Waals surface area contributed by atoms with Crippen LogP contribution in [0.5, 0.6) is 0 Å². The molecule has 2 aliphatic heterocycles. The highest BCUT2D eigenvalue weighted by atomic mass is 32.2. The number of anilines is 1. The smallest absolute Gasteiger partial charge is 0.150 e. The van der Waals surface area contributed by atoms with Crippen molar-refractivity contribution in [1.82, 2.24) is 19.7 Å². The van der Waals surface area contributed by atoms with Crippen LogP contribution in [0, 0.1) is 0 Å². The average molecular weight is 532 g/mol. The van der Waals surface area contributed by atoms with E-state index in [-0.39, 0.29) is 11.5 Å². The van der Waals surface area contributed by atoms with Gasteiger partial charge in [-0.05, 0) is 60.7 Å². The van der Waals surface area contributed by atoms with Gasteiger partial charge in [0.05, 0.1) is 29.7 Å². The monoisotopic (exact) mass is 531 g/mol. The highest BCUT2D eigenvalue weighted by molar-refractivity contribution is 7.85. The largest absolute Gasteiger partial charge is 0.378 e. The van der Waals surface area contributed by atoms with E-state index in [0.29, 0.717) is 13.2 Å². The fraction of sp³-hybridized carbons (Fsp3) is 0.414. The standard InChI is InChI=1S/C29H33N5O3S/c1-20(2)38(35)22-8-6-21(7-9-22)24-19-26(33-14-17-36-18-15-33)32-28-23(24)10-12-30-29(28)25-11-13-31-34(25)27-5-3-4-16-37-27/h6-13,19-20,27H,3-5,14-18H2,1-2H3. The van der Waals surface area contributed by atoms with Crippen LogP contribution in [-0.2, 0) is 20.3 Å². The molecule has 0 radical (unpaired) electrons. The number of aromatic nitrogens is 4. The average Bonchev–Trinajstić information content (AvgIpc) is 3.47. The van der Waals surface area contributed by atoms with E-state index in [2.05, 4.69) is 28.2 Å². The summed E-state index contributed by atoms with van der Waals surface area (Å²) in [7, 11) is -1.03. The second-order valence-corrected chi connectivity index (χ2v) is 12.0. The minimum Gasteiger partial charge on any atom is -0.378 e. The van der Waals surface area contributed by atoms with E-state index in [4.69, 9.17) is 19.4 Å². The molecular weight excluding hydrogens is 498 g/mol. The Kier molecular flexibility index (Phi) is 7.23. The lowest BCUT2D eigenvalue weighted by atomic mass is 10.00. The maximum absolute atomic E-state index is 12.7. The second kappa shape index (κ2) is 10.9. The van der Waals surface area contributed by atoms with Crippen molar-refractivity contribution in [3.63, 3.8) is 0 Å². The number of rotatable bonds is 6. The van der Waals surface area contributed by atoms with E-state index in [9.17, 15) is 4.21 Å². The van der Waals surface area contributed by atoms with Crippen molar-refractivity contribution in [2.24, 2.45) is 0 Å². The van der Waals surface area contributed by atoms with Crippen molar-refractivity contribution in [1.29, 1.82) is 0 Å². The highest BCUT2D eigenvalue weighted by Crippen LogP contribution is 2.37. The molecule has 198 valence electrons. The van der Waals surface area contributed by atoms with Crippen molar-refractivity contribution < 1.29 is 13.7 Å². The van der Waals surface area contributed by atoms with E-state index in [1.54, 1.807) is 0 Å². The zero-order chi connectivity index (χ0) is 26.1. The van der Waals surface area contributed by atoms with Gasteiger partial charge in [0, 0.05) is 47.6 Å². The molecular formula is C29H33N5O3S. The third-order valence-corrected chi connectivity index (χ3v) is 8.81. The van der Waals surface area contributed by atoms with Crippen LogP contribution in [0.15, 0.2) is 59.8 Å². The molecule has 9 heteroatoms. The minimum atomic E-state index is -1.03. The van der Waals surface area contributed by atoms with Gasteiger partial charge in [-0.2, -0.15) is 5.10 Å². The third kappa shape index (κ3) is 4.86. The maximum Gasteiger partial charge on any atom is 0.150 e. The zero-order valence-electron chi connectivity index (χ0n) is 21.9. The van der Waals surface area contributed by atoms with Gasteiger partial charge in [-0.15, -0.1) is 0 Å². The van der Waals surface area contributed by atoms with Crippen molar-refractivity contribution in [3.05, 3.63) is 54.9 Å². The topological polar surface area (TPSA) is 82.4 Å². The summed E-state index contributed by atoms with van der Waals surface area (Å²) >= 11 is 0. The Morgan fingerprint density at radius 1 is 1.00 bits per heavy atom. The molecule has 38 heavy (non-hydrogen) atoms. The molecule has 0 aliphatic carbocycles. The van der Waals surface area contributed by atoms with Crippen molar-refractivity contribution in [3.8, 4) is 22.5 Å². The Bertz CT molecular complexity index is 1440. The number of hydrogen-bond acceptors (Lipinski definition) is 7. The first-order chi connectivity index (χ1) is 18.6. The van der Waals surface area contributed by atoms with Crippen LogP contribution >= 0.6 is 0 Å². The summed E-state index contributed by atoms with van der Waals surface area (Å²) in [5.41, 5.74) is 4.66. The Morgan fingerprint density at radius 2 is 1.82 bits per heavy atom. The zero-order valence-corrected chi connectivity index (χ0v) is 22.7. The van der Waals surface area contributed by atoms with E-state index < -0.39 is 10.8 Å². The Labute approximate surface area is 225 Å². The van der Waals surface area contributed by atoms with Gasteiger partial charge in [-0.1, -0.05) is 26.0 Å². The molecule has 0 N–H and O–H groups in total. The first kappa shape index (κ1) is 25.2. The fourth-order valence-corrected chi connectivity index (χ4v) is 6.16. The lowest BCUT2D eigenvalue weighted by molar-refractivity contribution is -0.0383. The Hall–Kier alpha value is -3.14. The molecule has 5 heterocycles. The van der Waals surface area contributed by atoms with Gasteiger partial charge in [0.2, 0.25) is 0 Å². The van der Waals surface area contributed by atoms with Gasteiger partial charge in [0.15, 0.2) is 6.23 Å². The van der Waals surface area contributed by atoms with E-state index >= 15 is 0 Å². The van der Waals surface area contributed by atoms with Crippen LogP contribution in [0.2, 0.25) is 0 Å². The summed E-state index contributed by atoms with van der Waals surface area (Å²) in [6.07, 6.45) is 6.70. The molecule has 0 bridgehead atoms. The number of hydrogen-bond donors (Lipinski definition) is 0. The normalized spacial score (nSPS) is 19.2. The Morgan fingerprint density at radius 3 is 2.55 bits per heavy atom. The van der Waals surface area contributed by atoms with Crippen LogP contribution in [0.4, 0.5) is 5.82 Å². The summed E-state index contributed by atoms with van der Waals surface area (Å²) in [5.74, 6) is 0.903. The molecule has 0 spiro atoms. The number of ether oxygens (including phenoxy) is 2. The maximum atomic E-state index is 12.7. The van der Waals surface area contributed by atoms with Crippen LogP contribution in [0.25, 0.3) is 33.4 Å². The summed E-state index contributed by atoms with van der Waals surface area (Å²) in [5, 5.41) is 5.71. The fourth-order valence-electron chi connectivity index (χ4n) is 5.21. The first-order valence-corrected chi connectivity index (χ1v) is 14.6. The molecule has 3 aromatic heterocycles. The molecule has 0 amide bonds. The molecule has 2 unspecified atom stereocenters. The van der Waals surface area contributed by atoms with Gasteiger partial charge >= 0.3 is 0 Å². The summed E-state index contributed by atoms with van der Waals surface area (Å²) in [6, 6.07) is 14.3. The Balaban J connectivity index is 1.51. The van der Waals surface area contributed by atoms with E-state index in [1.165, 1.54) is 0 Å². The first-order valence-electron chi connectivity index (χ1n) is 13.4. The molecule has 2 aliphatic rings. The SMILES string of the molecule is CC(C)S(=O)c1ccc(-c2cc(N3CCOCC3)nc3c(-c4ccnn4C4CCCCO4)nccc23)cc1. The van der Waals surface area contributed by atoms with Crippen LogP contribution < -0.4 is 4.90 Å². The highest BCUT2D eigenvalue weighted by Gasteiger charge is 2.24. The molecule has 6 rings (SSSR count). The molecule has 8 nitrogen and oxygen atoms in total. The second-order valence-electron chi connectivity index (χ2n) is 10.0. The predicted octanol–water partition coefficient (Wildman–Crippen LogP) is 5.21. The van der Waals surface area contributed by atoms with Crippen molar-refractivity contribution in [2.75, 3.05) is 37.8 Å². The number of pyridine rings is 2. The van der Waals surface area contributed by atoms with Gasteiger partial charge in [-0.25, -0.2) is 9.67 Å². The van der Waals surface area contributed by atoms with Gasteiger partial charge in [0.25, 0.3) is 0 Å². The number of benzene rings is 1. The molecule has 0 saturated carbocycles. The summed E-state index contributed by atoms with van der Waals surface area (Å²) in [4.78, 5) is 13.1. The van der Waals surface area contributed by atoms with Crippen molar-refractivity contribution in [2.45, 2.75) is 49.5 Å². The lowest BCUT2D eigenvalue weighted by Crippen LogP contribution is -2.36. The molecule has 2 fully saturated rings. The van der Waals surface area contributed by atoms with Crippen LogP contribution in [0.3, 0.4) is 0 Å². The quantitative estimate of drug-likeness (QED) is 0.338. The summed E-state index contributed by atoms with van der Waals surface area (Å²) in [6.45, 7) is 7.63. The predicted molar refractivity (Wildman–Crippen MR) is 150 cm³/mol. The summed E-state index contributed by atoms with van der Waals surface area (Å²) < 4.78 is 26.3. The van der Waals surface area contributed by atoms with Gasteiger partial charge in [0.1, 0.15) is 17.0 Å². The van der Waals surface area contributed by atoms with Crippen LogP contribution in [0.1, 0.15) is 39.3 Å². The van der Waals surface area contributed by atoms with Gasteiger partial charge < -0.3 is 14.4 Å². The van der Waals surface area contributed by atoms with E-state index in [1.807, 2.05) is 55.2 Å². The van der Waals surface area contributed by atoms with Gasteiger partial charge in [-0.3, -0.25) is 9.19 Å². The van der Waals surface area contributed by atoms with Crippen molar-refractivity contribution >= 4 is 27.5 Å². The number of morpholine rings is 1. The molecule has 2 atom stereocenters. The van der Waals surface area contributed by atoms with E-state index in [0.717, 1.165) is 83.1 Å². The number of nitrogens with zero attached hydrogens (tertiary/aromatic N) is 5. The number of fused-ring (bicyclic) bond motifs is 1. The third-order valence-electron chi connectivity index (χ3n) is 7.22. The molecule has 2 saturated heterocycles. The van der Waals surface area contributed by atoms with Crippen LogP contribution in [-0.4, -0.2) is 62.1 Å². The molecule has 4 aromatic rings.